The van der Waals surface area contributed by atoms with Gasteiger partial charge in [-0.15, -0.1) is 0 Å². The number of aliphatic hydroxyl groups excluding tert-OH is 1. The van der Waals surface area contributed by atoms with Gasteiger partial charge >= 0.3 is 0 Å². The van der Waals surface area contributed by atoms with Gasteiger partial charge in [0.25, 0.3) is 0 Å². The summed E-state index contributed by atoms with van der Waals surface area (Å²) in [6.45, 7) is 0.971. The van der Waals surface area contributed by atoms with E-state index in [0.29, 0.717) is 24.7 Å². The number of ether oxygens (including phenoxy) is 2. The summed E-state index contributed by atoms with van der Waals surface area (Å²) in [4.78, 5) is 4.22. The molecule has 0 aromatic carbocycles. The van der Waals surface area contributed by atoms with Crippen molar-refractivity contribution in [3.63, 3.8) is 0 Å². The van der Waals surface area contributed by atoms with E-state index in [1.807, 2.05) is 11.8 Å². The van der Waals surface area contributed by atoms with Gasteiger partial charge in [0.1, 0.15) is 6.10 Å². The van der Waals surface area contributed by atoms with Crippen molar-refractivity contribution in [2.24, 2.45) is 0 Å². The van der Waals surface area contributed by atoms with Crippen LogP contribution in [0.4, 0.5) is 0 Å². The van der Waals surface area contributed by atoms with Crippen LogP contribution in [0.25, 0.3) is 0 Å². The number of aromatic nitrogens is 2. The third kappa shape index (κ3) is 3.67. The Kier molecular flexibility index (Phi) is 4.78. The predicted molar refractivity (Wildman–Crippen MR) is 61.9 cm³/mol. The molecule has 0 aliphatic carbocycles. The lowest BCUT2D eigenvalue weighted by atomic mass is 10.2. The molecule has 0 spiro atoms. The fourth-order valence-electron chi connectivity index (χ4n) is 1.57. The number of aliphatic hydroxyl groups is 1. The molecule has 2 rings (SSSR count). The highest BCUT2D eigenvalue weighted by molar-refractivity contribution is 7.99. The van der Waals surface area contributed by atoms with E-state index >= 15 is 0 Å². The van der Waals surface area contributed by atoms with E-state index < -0.39 is 6.10 Å². The van der Waals surface area contributed by atoms with Crippen molar-refractivity contribution < 1.29 is 19.1 Å². The summed E-state index contributed by atoms with van der Waals surface area (Å²) in [5.41, 5.74) is 0. The van der Waals surface area contributed by atoms with Crippen molar-refractivity contribution >= 4 is 11.8 Å². The van der Waals surface area contributed by atoms with Crippen molar-refractivity contribution in [1.82, 2.24) is 10.1 Å². The van der Waals surface area contributed by atoms with Crippen LogP contribution in [0.2, 0.25) is 0 Å². The van der Waals surface area contributed by atoms with Crippen molar-refractivity contribution in [3.8, 4) is 0 Å². The lowest BCUT2D eigenvalue weighted by Gasteiger charge is -2.18. The van der Waals surface area contributed by atoms with Crippen LogP contribution < -0.4 is 0 Å². The van der Waals surface area contributed by atoms with Gasteiger partial charge in [-0.3, -0.25) is 0 Å². The summed E-state index contributed by atoms with van der Waals surface area (Å²) < 4.78 is 15.4. The molecule has 1 saturated heterocycles. The Labute approximate surface area is 104 Å². The SMILES string of the molecule is COCC(O)Cc1nc(C2CSCCO2)no1. The first-order valence-electron chi connectivity index (χ1n) is 5.48. The first-order valence-corrected chi connectivity index (χ1v) is 6.64. The quantitative estimate of drug-likeness (QED) is 0.822. The van der Waals surface area contributed by atoms with Crippen LogP contribution >= 0.6 is 11.8 Å². The van der Waals surface area contributed by atoms with E-state index in [2.05, 4.69) is 10.1 Å². The summed E-state index contributed by atoms with van der Waals surface area (Å²) in [6, 6.07) is 0. The van der Waals surface area contributed by atoms with E-state index in [4.69, 9.17) is 14.0 Å². The lowest BCUT2D eigenvalue weighted by molar-refractivity contribution is 0.0598. The maximum atomic E-state index is 9.53. The molecule has 1 fully saturated rings. The number of hydrogen-bond donors (Lipinski definition) is 1. The standard InChI is InChI=1S/C10H16N2O4S/c1-14-5-7(13)4-9-11-10(12-16-9)8-6-17-3-2-15-8/h7-8,13H,2-6H2,1H3. The highest BCUT2D eigenvalue weighted by atomic mass is 32.2. The summed E-state index contributed by atoms with van der Waals surface area (Å²) in [5.74, 6) is 2.84. The third-order valence-corrected chi connectivity index (χ3v) is 3.35. The number of methoxy groups -OCH3 is 1. The first-order chi connectivity index (χ1) is 8.29. The van der Waals surface area contributed by atoms with Crippen molar-refractivity contribution in [2.45, 2.75) is 18.6 Å². The third-order valence-electron chi connectivity index (χ3n) is 2.36. The Morgan fingerprint density at radius 1 is 1.65 bits per heavy atom. The zero-order valence-corrected chi connectivity index (χ0v) is 10.5. The van der Waals surface area contributed by atoms with Gasteiger partial charge in [0.15, 0.2) is 0 Å². The zero-order chi connectivity index (χ0) is 12.1. The average Bonchev–Trinajstić information content (AvgIpc) is 2.79. The van der Waals surface area contributed by atoms with Crippen LogP contribution in [0.3, 0.4) is 0 Å². The molecule has 1 aromatic heterocycles. The molecule has 2 heterocycles. The Balaban J connectivity index is 1.90. The zero-order valence-electron chi connectivity index (χ0n) is 9.66. The summed E-state index contributed by atoms with van der Waals surface area (Å²) in [5, 5.41) is 13.4. The minimum absolute atomic E-state index is 0.0918. The maximum absolute atomic E-state index is 9.53. The highest BCUT2D eigenvalue weighted by Crippen LogP contribution is 2.24. The van der Waals surface area contributed by atoms with Crippen LogP contribution in [0.15, 0.2) is 4.52 Å². The molecule has 0 saturated carbocycles. The molecule has 7 heteroatoms. The van der Waals surface area contributed by atoms with E-state index in [9.17, 15) is 5.11 Å². The van der Waals surface area contributed by atoms with Gasteiger partial charge in [0.2, 0.25) is 11.7 Å². The first kappa shape index (κ1) is 12.8. The molecule has 6 nitrogen and oxygen atoms in total. The van der Waals surface area contributed by atoms with E-state index in [1.165, 1.54) is 7.11 Å². The molecule has 0 radical (unpaired) electrons. The smallest absolute Gasteiger partial charge is 0.229 e. The molecule has 0 amide bonds. The summed E-state index contributed by atoms with van der Waals surface area (Å²) in [6.07, 6.45) is -0.401. The Bertz CT molecular complexity index is 341. The Morgan fingerprint density at radius 3 is 3.24 bits per heavy atom. The topological polar surface area (TPSA) is 77.6 Å². The second kappa shape index (κ2) is 6.34. The fraction of sp³-hybridized carbons (Fsp3) is 0.800. The highest BCUT2D eigenvalue weighted by Gasteiger charge is 2.22. The lowest BCUT2D eigenvalue weighted by Crippen LogP contribution is -2.18. The predicted octanol–water partition coefficient (Wildman–Crippen LogP) is 0.424. The normalized spacial score (nSPS) is 22.6. The van der Waals surface area contributed by atoms with Gasteiger partial charge in [0.05, 0.1) is 25.7 Å². The molecule has 1 N–H and O–H groups in total. The Morgan fingerprint density at radius 2 is 2.53 bits per heavy atom. The van der Waals surface area contributed by atoms with Crippen LogP contribution in [0.5, 0.6) is 0 Å². The molecule has 0 bridgehead atoms. The van der Waals surface area contributed by atoms with Gasteiger partial charge in [0, 0.05) is 18.6 Å². The van der Waals surface area contributed by atoms with E-state index in [-0.39, 0.29) is 12.7 Å². The number of thioether (sulfide) groups is 1. The molecular weight excluding hydrogens is 244 g/mol. The van der Waals surface area contributed by atoms with Gasteiger partial charge in [-0.1, -0.05) is 5.16 Å². The van der Waals surface area contributed by atoms with Crippen molar-refractivity contribution in [1.29, 1.82) is 0 Å². The fourth-order valence-corrected chi connectivity index (χ4v) is 2.41. The Hall–Kier alpha value is -0.630. The second-order valence-corrected chi connectivity index (χ2v) is 4.94. The summed E-state index contributed by atoms with van der Waals surface area (Å²) in [7, 11) is 1.54. The molecule has 1 aliphatic heterocycles. The van der Waals surface area contributed by atoms with Crippen LogP contribution in [-0.4, -0.2) is 53.2 Å². The molecule has 1 aromatic rings. The van der Waals surface area contributed by atoms with Gasteiger partial charge in [-0.25, -0.2) is 0 Å². The van der Waals surface area contributed by atoms with Gasteiger partial charge in [-0.2, -0.15) is 16.7 Å². The van der Waals surface area contributed by atoms with Crippen LogP contribution in [0, 0.1) is 0 Å². The van der Waals surface area contributed by atoms with Gasteiger partial charge < -0.3 is 19.1 Å². The van der Waals surface area contributed by atoms with Crippen LogP contribution in [0.1, 0.15) is 17.8 Å². The van der Waals surface area contributed by atoms with E-state index in [0.717, 1.165) is 11.5 Å². The van der Waals surface area contributed by atoms with Crippen molar-refractivity contribution in [2.75, 3.05) is 31.8 Å². The molecule has 17 heavy (non-hydrogen) atoms. The number of hydrogen-bond acceptors (Lipinski definition) is 7. The summed E-state index contributed by atoms with van der Waals surface area (Å²) >= 11 is 1.81. The van der Waals surface area contributed by atoms with E-state index in [1.54, 1.807) is 0 Å². The monoisotopic (exact) mass is 260 g/mol. The maximum Gasteiger partial charge on any atom is 0.229 e. The number of rotatable bonds is 5. The average molecular weight is 260 g/mol. The molecule has 96 valence electrons. The van der Waals surface area contributed by atoms with Gasteiger partial charge in [-0.05, 0) is 0 Å². The van der Waals surface area contributed by atoms with Crippen molar-refractivity contribution in [3.05, 3.63) is 11.7 Å². The minimum atomic E-state index is -0.616. The minimum Gasteiger partial charge on any atom is -0.390 e. The molecule has 2 unspecified atom stereocenters. The molecule has 2 atom stereocenters. The van der Waals surface area contributed by atoms with Crippen LogP contribution in [-0.2, 0) is 15.9 Å². The molecular formula is C10H16N2O4S. The number of nitrogens with zero attached hydrogens (tertiary/aromatic N) is 2. The largest absolute Gasteiger partial charge is 0.390 e. The second-order valence-electron chi connectivity index (χ2n) is 3.79. The molecule has 1 aliphatic rings.